The molecule has 0 unspecified atom stereocenters. The minimum Gasteiger partial charge on any atom is -0.192 e. The average molecular weight is 209 g/mol. The summed E-state index contributed by atoms with van der Waals surface area (Å²) in [5.74, 6) is 0. The Morgan fingerprint density at radius 3 is 2.19 bits per heavy atom. The number of nitriles is 1. The van der Waals surface area contributed by atoms with Crippen molar-refractivity contribution in [1.29, 1.82) is 5.26 Å². The summed E-state index contributed by atoms with van der Waals surface area (Å²) in [6.07, 6.45) is 0. The van der Waals surface area contributed by atoms with Gasteiger partial charge in [0.25, 0.3) is 0 Å². The highest BCUT2D eigenvalue weighted by Gasteiger charge is 2.16. The SMILES string of the molecule is CC(C)(C)c1cccc2c(C#N)cccc12. The molecule has 2 aromatic carbocycles. The first-order chi connectivity index (χ1) is 7.54. The van der Waals surface area contributed by atoms with Gasteiger partial charge >= 0.3 is 0 Å². The van der Waals surface area contributed by atoms with E-state index in [1.165, 1.54) is 10.9 Å². The molecule has 80 valence electrons. The molecule has 0 bridgehead atoms. The minimum atomic E-state index is 0.105. The zero-order valence-corrected chi connectivity index (χ0v) is 9.91. The molecule has 1 nitrogen and oxygen atoms in total. The summed E-state index contributed by atoms with van der Waals surface area (Å²) in [6.45, 7) is 6.59. The van der Waals surface area contributed by atoms with E-state index >= 15 is 0 Å². The number of nitrogens with zero attached hydrogens (tertiary/aromatic N) is 1. The summed E-state index contributed by atoms with van der Waals surface area (Å²) < 4.78 is 0. The van der Waals surface area contributed by atoms with E-state index in [-0.39, 0.29) is 5.41 Å². The highest BCUT2D eigenvalue weighted by atomic mass is 14.3. The normalized spacial score (nSPS) is 11.4. The van der Waals surface area contributed by atoms with Gasteiger partial charge in [-0.2, -0.15) is 5.26 Å². The molecule has 0 heterocycles. The van der Waals surface area contributed by atoms with Gasteiger partial charge in [0.15, 0.2) is 0 Å². The summed E-state index contributed by atoms with van der Waals surface area (Å²) in [7, 11) is 0. The van der Waals surface area contributed by atoms with Crippen LogP contribution in [-0.2, 0) is 5.41 Å². The Morgan fingerprint density at radius 2 is 1.56 bits per heavy atom. The van der Waals surface area contributed by atoms with Crippen molar-refractivity contribution in [1.82, 2.24) is 0 Å². The van der Waals surface area contributed by atoms with E-state index in [0.29, 0.717) is 0 Å². The summed E-state index contributed by atoms with van der Waals surface area (Å²) >= 11 is 0. The molecule has 16 heavy (non-hydrogen) atoms. The lowest BCUT2D eigenvalue weighted by atomic mass is 9.83. The molecule has 0 saturated heterocycles. The lowest BCUT2D eigenvalue weighted by Crippen LogP contribution is -2.11. The predicted octanol–water partition coefficient (Wildman–Crippen LogP) is 4.01. The topological polar surface area (TPSA) is 23.8 Å². The second-order valence-electron chi connectivity index (χ2n) is 5.07. The van der Waals surface area contributed by atoms with Crippen molar-refractivity contribution in [2.24, 2.45) is 0 Å². The molecule has 2 aromatic rings. The monoisotopic (exact) mass is 209 g/mol. The smallest absolute Gasteiger partial charge is 0.0998 e. The van der Waals surface area contributed by atoms with E-state index in [1.54, 1.807) is 0 Å². The first-order valence-corrected chi connectivity index (χ1v) is 5.46. The van der Waals surface area contributed by atoms with E-state index in [1.807, 2.05) is 24.3 Å². The van der Waals surface area contributed by atoms with Crippen molar-refractivity contribution in [3.05, 3.63) is 47.5 Å². The summed E-state index contributed by atoms with van der Waals surface area (Å²) in [5.41, 5.74) is 2.15. The summed E-state index contributed by atoms with van der Waals surface area (Å²) in [5, 5.41) is 11.3. The average Bonchev–Trinajstić information content (AvgIpc) is 2.26. The van der Waals surface area contributed by atoms with Crippen molar-refractivity contribution in [2.45, 2.75) is 26.2 Å². The first-order valence-electron chi connectivity index (χ1n) is 5.46. The Morgan fingerprint density at radius 1 is 0.938 bits per heavy atom. The van der Waals surface area contributed by atoms with Crippen molar-refractivity contribution < 1.29 is 0 Å². The molecular weight excluding hydrogens is 194 g/mol. The third-order valence-corrected chi connectivity index (χ3v) is 2.85. The zero-order valence-electron chi connectivity index (χ0n) is 9.91. The number of benzene rings is 2. The maximum Gasteiger partial charge on any atom is 0.0998 e. The van der Waals surface area contributed by atoms with Crippen LogP contribution < -0.4 is 0 Å². The van der Waals surface area contributed by atoms with Gasteiger partial charge in [0.2, 0.25) is 0 Å². The van der Waals surface area contributed by atoms with E-state index in [2.05, 4.69) is 39.0 Å². The van der Waals surface area contributed by atoms with Gasteiger partial charge in [-0.05, 0) is 27.8 Å². The van der Waals surface area contributed by atoms with Gasteiger partial charge in [-0.3, -0.25) is 0 Å². The van der Waals surface area contributed by atoms with Gasteiger partial charge in [0.05, 0.1) is 11.6 Å². The first kappa shape index (κ1) is 10.7. The molecule has 0 aliphatic heterocycles. The molecular formula is C15H15N. The van der Waals surface area contributed by atoms with E-state index < -0.39 is 0 Å². The fourth-order valence-electron chi connectivity index (χ4n) is 2.06. The van der Waals surface area contributed by atoms with Gasteiger partial charge in [-0.15, -0.1) is 0 Å². The van der Waals surface area contributed by atoms with Crippen LogP contribution in [-0.4, -0.2) is 0 Å². The van der Waals surface area contributed by atoms with Crippen molar-refractivity contribution in [3.8, 4) is 6.07 Å². The van der Waals surface area contributed by atoms with Gasteiger partial charge in [0.1, 0.15) is 0 Å². The quantitative estimate of drug-likeness (QED) is 0.643. The van der Waals surface area contributed by atoms with E-state index in [9.17, 15) is 0 Å². The molecule has 0 atom stereocenters. The van der Waals surface area contributed by atoms with Gasteiger partial charge < -0.3 is 0 Å². The van der Waals surface area contributed by atoms with Crippen LogP contribution in [0.2, 0.25) is 0 Å². The maximum absolute atomic E-state index is 9.08. The van der Waals surface area contributed by atoms with Gasteiger partial charge in [-0.25, -0.2) is 0 Å². The van der Waals surface area contributed by atoms with Crippen LogP contribution in [0.15, 0.2) is 36.4 Å². The fraction of sp³-hybridized carbons (Fsp3) is 0.267. The molecule has 1 heteroatoms. The Kier molecular flexibility index (Phi) is 2.44. The highest BCUT2D eigenvalue weighted by molar-refractivity contribution is 5.91. The number of rotatable bonds is 0. The van der Waals surface area contributed by atoms with E-state index in [0.717, 1.165) is 10.9 Å². The molecule has 0 spiro atoms. The number of hydrogen-bond donors (Lipinski definition) is 0. The van der Waals surface area contributed by atoms with Gasteiger partial charge in [-0.1, -0.05) is 51.1 Å². The molecule has 0 amide bonds. The standard InChI is InChI=1S/C15H15N/c1-15(2,3)14-9-5-7-12-11(10-16)6-4-8-13(12)14/h4-9H,1-3H3. The van der Waals surface area contributed by atoms with Crippen LogP contribution in [0.1, 0.15) is 31.9 Å². The number of hydrogen-bond acceptors (Lipinski definition) is 1. The molecule has 0 radical (unpaired) electrons. The molecule has 0 aliphatic carbocycles. The van der Waals surface area contributed by atoms with Crippen LogP contribution in [0.5, 0.6) is 0 Å². The zero-order chi connectivity index (χ0) is 11.8. The van der Waals surface area contributed by atoms with Crippen LogP contribution >= 0.6 is 0 Å². The van der Waals surface area contributed by atoms with Crippen LogP contribution in [0.3, 0.4) is 0 Å². The molecule has 0 N–H and O–H groups in total. The van der Waals surface area contributed by atoms with Crippen molar-refractivity contribution >= 4 is 10.8 Å². The highest BCUT2D eigenvalue weighted by Crippen LogP contribution is 2.30. The van der Waals surface area contributed by atoms with E-state index in [4.69, 9.17) is 5.26 Å². The largest absolute Gasteiger partial charge is 0.192 e. The number of fused-ring (bicyclic) bond motifs is 1. The molecule has 0 aliphatic rings. The van der Waals surface area contributed by atoms with Crippen molar-refractivity contribution in [3.63, 3.8) is 0 Å². The minimum absolute atomic E-state index is 0.105. The van der Waals surface area contributed by atoms with Crippen LogP contribution in [0, 0.1) is 11.3 Å². The maximum atomic E-state index is 9.08. The second kappa shape index (κ2) is 3.64. The Hall–Kier alpha value is -1.81. The molecule has 2 rings (SSSR count). The van der Waals surface area contributed by atoms with Gasteiger partial charge in [0, 0.05) is 0 Å². The third-order valence-electron chi connectivity index (χ3n) is 2.85. The Labute approximate surface area is 96.3 Å². The predicted molar refractivity (Wildman–Crippen MR) is 67.4 cm³/mol. The molecule has 0 saturated carbocycles. The third kappa shape index (κ3) is 1.67. The van der Waals surface area contributed by atoms with Crippen LogP contribution in [0.4, 0.5) is 0 Å². The van der Waals surface area contributed by atoms with Crippen LogP contribution in [0.25, 0.3) is 10.8 Å². The second-order valence-corrected chi connectivity index (χ2v) is 5.07. The van der Waals surface area contributed by atoms with Crippen molar-refractivity contribution in [2.75, 3.05) is 0 Å². The lowest BCUT2D eigenvalue weighted by Gasteiger charge is -2.21. The Bertz CT molecular complexity index is 568. The lowest BCUT2D eigenvalue weighted by molar-refractivity contribution is 0.596. The summed E-state index contributed by atoms with van der Waals surface area (Å²) in [4.78, 5) is 0. The fourth-order valence-corrected chi connectivity index (χ4v) is 2.06. The molecule has 0 aromatic heterocycles. The molecule has 0 fully saturated rings. The Balaban J connectivity index is 2.86. The summed E-state index contributed by atoms with van der Waals surface area (Å²) in [6, 6.07) is 14.4.